The first kappa shape index (κ1) is 98.1. The van der Waals surface area contributed by atoms with Crippen molar-refractivity contribution in [1.82, 2.24) is 0 Å². The monoisotopic (exact) mass is 1470 g/mol. The summed E-state index contributed by atoms with van der Waals surface area (Å²) in [6, 6.07) is 0. The van der Waals surface area contributed by atoms with Gasteiger partial charge in [0.25, 0.3) is 0 Å². The molecule has 0 aromatic rings. The molecule has 0 bridgehead atoms. The number of phosphoric acid groups is 2. The number of esters is 4. The van der Waals surface area contributed by atoms with Gasteiger partial charge in [-0.2, -0.15) is 0 Å². The molecule has 0 aliphatic heterocycles. The fraction of sp³-hybridized carbons (Fsp3) is 0.951. The van der Waals surface area contributed by atoms with E-state index >= 15 is 0 Å². The third kappa shape index (κ3) is 73.0. The van der Waals surface area contributed by atoms with E-state index in [0.29, 0.717) is 37.5 Å². The van der Waals surface area contributed by atoms with E-state index in [4.69, 9.17) is 37.0 Å². The van der Waals surface area contributed by atoms with Crippen molar-refractivity contribution in [3.05, 3.63) is 0 Å². The molecule has 0 saturated heterocycles. The largest absolute Gasteiger partial charge is 0.472 e. The highest BCUT2D eigenvalue weighted by molar-refractivity contribution is 7.47. The topological polar surface area (TPSA) is 237 Å². The summed E-state index contributed by atoms with van der Waals surface area (Å²) in [7, 11) is -9.92. The molecular formula is C81H158O17P2. The first-order chi connectivity index (χ1) is 48.1. The number of hydrogen-bond donors (Lipinski definition) is 3. The minimum absolute atomic E-state index is 0.107. The van der Waals surface area contributed by atoms with Crippen molar-refractivity contribution < 1.29 is 80.2 Å². The third-order valence-corrected chi connectivity index (χ3v) is 21.1. The Morgan fingerprint density at radius 3 is 0.710 bits per heavy atom. The SMILES string of the molecule is CCC(C)CCCCCCCCCCCCCCCCCCCCC(=O)O[C@H](COC(=O)CCCCCCCCC(C)C)COP(=O)(O)OCC(O)COP(=O)(O)OC[C@@H](COC(=O)CCCCCCCCCC(C)C)OC(=O)CCCCCCCCCCCCCCCCCCC(C)C. The molecule has 100 heavy (non-hydrogen) atoms. The molecule has 19 heteroatoms. The Hall–Kier alpha value is -1.94. The van der Waals surface area contributed by atoms with Gasteiger partial charge in [-0.15, -0.1) is 0 Å². The van der Waals surface area contributed by atoms with Gasteiger partial charge in [0, 0.05) is 25.7 Å². The zero-order valence-corrected chi connectivity index (χ0v) is 67.6. The third-order valence-electron chi connectivity index (χ3n) is 19.2. The maximum Gasteiger partial charge on any atom is 0.472 e. The average molecular weight is 1470 g/mol. The number of aliphatic hydroxyl groups excluding tert-OH is 1. The number of phosphoric ester groups is 2. The molecule has 0 saturated carbocycles. The maximum atomic E-state index is 13.1. The molecule has 0 rings (SSSR count). The average Bonchev–Trinajstić information content (AvgIpc) is 0.962. The second-order valence-corrected chi connectivity index (χ2v) is 33.7. The molecule has 0 aliphatic carbocycles. The van der Waals surface area contributed by atoms with Crippen LogP contribution in [-0.4, -0.2) is 96.7 Å². The van der Waals surface area contributed by atoms with Gasteiger partial charge in [0.1, 0.15) is 19.3 Å². The predicted octanol–water partition coefficient (Wildman–Crippen LogP) is 24.0. The van der Waals surface area contributed by atoms with Crippen LogP contribution in [0, 0.1) is 23.7 Å². The lowest BCUT2D eigenvalue weighted by molar-refractivity contribution is -0.161. The zero-order valence-electron chi connectivity index (χ0n) is 65.8. The van der Waals surface area contributed by atoms with E-state index in [-0.39, 0.29) is 25.7 Å². The molecule has 0 aliphatic rings. The quantitative estimate of drug-likeness (QED) is 0.0222. The van der Waals surface area contributed by atoms with Gasteiger partial charge in [0.15, 0.2) is 12.2 Å². The minimum atomic E-state index is -4.96. The van der Waals surface area contributed by atoms with Crippen molar-refractivity contribution in [3.8, 4) is 0 Å². The first-order valence-electron chi connectivity index (χ1n) is 41.7. The zero-order chi connectivity index (χ0) is 73.8. The molecular weight excluding hydrogens is 1310 g/mol. The Labute approximate surface area is 613 Å². The van der Waals surface area contributed by atoms with Crippen LogP contribution in [0.5, 0.6) is 0 Å². The smallest absolute Gasteiger partial charge is 0.462 e. The molecule has 4 unspecified atom stereocenters. The van der Waals surface area contributed by atoms with Crippen LogP contribution >= 0.6 is 15.6 Å². The van der Waals surface area contributed by atoms with E-state index < -0.39 is 97.5 Å². The van der Waals surface area contributed by atoms with Crippen LogP contribution in [0.2, 0.25) is 0 Å². The van der Waals surface area contributed by atoms with Crippen LogP contribution in [0.1, 0.15) is 415 Å². The van der Waals surface area contributed by atoms with Gasteiger partial charge in [-0.05, 0) is 49.4 Å². The molecule has 3 N–H and O–H groups in total. The minimum Gasteiger partial charge on any atom is -0.462 e. The summed E-state index contributed by atoms with van der Waals surface area (Å²) in [5.41, 5.74) is 0. The molecule has 6 atom stereocenters. The van der Waals surface area contributed by atoms with Crippen LogP contribution in [0.4, 0.5) is 0 Å². The molecule has 0 spiro atoms. The Morgan fingerprint density at radius 1 is 0.280 bits per heavy atom. The molecule has 0 radical (unpaired) electrons. The van der Waals surface area contributed by atoms with E-state index in [1.807, 2.05) is 0 Å². The standard InChI is InChI=1S/C81H158O17P2/c1-9-74(8)60-52-44-35-29-25-21-17-12-10-11-13-18-22-26-30-36-47-56-64-81(86)98-77(68-92-79(84)62-54-46-40-39-43-51-59-73(6)7)70-96-100(89,90)94-66-75(82)65-93-99(87,88)95-69-76(67-91-78(83)61-53-45-38-32-34-42-50-58-72(4)5)97-80(85)63-55-48-37-31-27-23-19-15-14-16-20-24-28-33-41-49-57-71(2)3/h71-77,82H,9-70H2,1-8H3,(H,87,88)(H,89,90)/t74?,75?,76-,77-/m1/s1. The van der Waals surface area contributed by atoms with Crippen molar-refractivity contribution in [2.45, 2.75) is 433 Å². The summed E-state index contributed by atoms with van der Waals surface area (Å²) >= 11 is 0. The molecule has 0 aromatic carbocycles. The highest BCUT2D eigenvalue weighted by Gasteiger charge is 2.30. The van der Waals surface area contributed by atoms with E-state index in [1.165, 1.54) is 205 Å². The lowest BCUT2D eigenvalue weighted by Gasteiger charge is -2.21. The summed E-state index contributed by atoms with van der Waals surface area (Å²) in [5, 5.41) is 10.6. The fourth-order valence-corrected chi connectivity index (χ4v) is 14.0. The summed E-state index contributed by atoms with van der Waals surface area (Å²) in [6.07, 6.45) is 57.3. The lowest BCUT2D eigenvalue weighted by atomic mass is 9.99. The van der Waals surface area contributed by atoms with E-state index in [9.17, 15) is 43.2 Å². The van der Waals surface area contributed by atoms with E-state index in [0.717, 1.165) is 115 Å². The molecule has 17 nitrogen and oxygen atoms in total. The fourth-order valence-electron chi connectivity index (χ4n) is 12.4. The maximum absolute atomic E-state index is 13.1. The molecule has 0 fully saturated rings. The van der Waals surface area contributed by atoms with Crippen LogP contribution in [0.3, 0.4) is 0 Å². The van der Waals surface area contributed by atoms with E-state index in [2.05, 4.69) is 55.4 Å². The first-order valence-corrected chi connectivity index (χ1v) is 44.7. The number of carbonyl (C=O) groups is 4. The Balaban J connectivity index is 5.13. The number of rotatable bonds is 78. The lowest BCUT2D eigenvalue weighted by Crippen LogP contribution is -2.30. The van der Waals surface area contributed by atoms with Crippen LogP contribution in [-0.2, 0) is 65.4 Å². The number of hydrogen-bond acceptors (Lipinski definition) is 15. The van der Waals surface area contributed by atoms with Crippen molar-refractivity contribution in [2.24, 2.45) is 23.7 Å². The highest BCUT2D eigenvalue weighted by atomic mass is 31.2. The predicted molar refractivity (Wildman–Crippen MR) is 409 cm³/mol. The number of aliphatic hydroxyl groups is 1. The van der Waals surface area contributed by atoms with Crippen molar-refractivity contribution in [1.29, 1.82) is 0 Å². The van der Waals surface area contributed by atoms with Gasteiger partial charge in [-0.1, -0.05) is 364 Å². The second-order valence-electron chi connectivity index (χ2n) is 30.8. The van der Waals surface area contributed by atoms with Gasteiger partial charge in [-0.3, -0.25) is 37.3 Å². The van der Waals surface area contributed by atoms with Crippen molar-refractivity contribution in [3.63, 3.8) is 0 Å². The van der Waals surface area contributed by atoms with Crippen molar-refractivity contribution >= 4 is 39.5 Å². The Kier molecular flexibility index (Phi) is 68.7. The number of carbonyl (C=O) groups excluding carboxylic acids is 4. The number of unbranched alkanes of at least 4 members (excludes halogenated alkanes) is 43. The molecule has 0 amide bonds. The van der Waals surface area contributed by atoms with Crippen molar-refractivity contribution in [2.75, 3.05) is 39.6 Å². The summed E-state index contributed by atoms with van der Waals surface area (Å²) in [5.74, 6) is 0.946. The van der Waals surface area contributed by atoms with Gasteiger partial charge < -0.3 is 33.8 Å². The normalized spacial score (nSPS) is 14.3. The summed E-state index contributed by atoms with van der Waals surface area (Å²) in [4.78, 5) is 72.9. The van der Waals surface area contributed by atoms with Crippen LogP contribution < -0.4 is 0 Å². The number of ether oxygens (including phenoxy) is 4. The Bertz CT molecular complexity index is 1960. The highest BCUT2D eigenvalue weighted by Crippen LogP contribution is 2.45. The summed E-state index contributed by atoms with van der Waals surface area (Å²) < 4.78 is 68.6. The second kappa shape index (κ2) is 70.1. The molecule has 594 valence electrons. The van der Waals surface area contributed by atoms with Crippen LogP contribution in [0.15, 0.2) is 0 Å². The Morgan fingerprint density at radius 2 is 0.480 bits per heavy atom. The van der Waals surface area contributed by atoms with Gasteiger partial charge in [-0.25, -0.2) is 9.13 Å². The van der Waals surface area contributed by atoms with Gasteiger partial charge >= 0.3 is 39.5 Å². The van der Waals surface area contributed by atoms with Crippen LogP contribution in [0.25, 0.3) is 0 Å². The van der Waals surface area contributed by atoms with E-state index in [1.54, 1.807) is 0 Å². The molecule has 0 heterocycles. The summed E-state index contributed by atoms with van der Waals surface area (Å²) in [6.45, 7) is 14.2. The van der Waals surface area contributed by atoms with Gasteiger partial charge in [0.05, 0.1) is 26.4 Å². The molecule has 0 aromatic heterocycles. The van der Waals surface area contributed by atoms with Gasteiger partial charge in [0.2, 0.25) is 0 Å².